The van der Waals surface area contributed by atoms with Crippen molar-refractivity contribution >= 4 is 33.0 Å². The van der Waals surface area contributed by atoms with Gasteiger partial charge in [-0.1, -0.05) is 36.4 Å². The molecule has 2 aromatic carbocycles. The van der Waals surface area contributed by atoms with Crippen LogP contribution in [-0.2, 0) is 27.9 Å². The zero-order chi connectivity index (χ0) is 23.4. The molecular weight excluding hydrogens is 464 g/mol. The van der Waals surface area contributed by atoms with Crippen molar-refractivity contribution in [3.63, 3.8) is 0 Å². The van der Waals surface area contributed by atoms with Crippen LogP contribution in [-0.4, -0.2) is 35.5 Å². The Morgan fingerprint density at radius 2 is 1.82 bits per heavy atom. The SMILES string of the molecule is CN(Cc1ccccc1)S(=O)(=O)c1ccc(NC(=O)Cn2nc(-c3cccs3)oc2=O)cc1. The molecule has 0 saturated heterocycles. The lowest BCUT2D eigenvalue weighted by Crippen LogP contribution is -2.27. The van der Waals surface area contributed by atoms with Crippen LogP contribution in [0.2, 0.25) is 0 Å². The topological polar surface area (TPSA) is 115 Å². The third kappa shape index (κ3) is 5.28. The highest BCUT2D eigenvalue weighted by Crippen LogP contribution is 2.21. The molecule has 0 fully saturated rings. The van der Waals surface area contributed by atoms with Crippen molar-refractivity contribution in [2.45, 2.75) is 18.0 Å². The molecule has 170 valence electrons. The quantitative estimate of drug-likeness (QED) is 0.411. The fraction of sp³-hybridized carbons (Fsp3) is 0.136. The van der Waals surface area contributed by atoms with E-state index in [0.29, 0.717) is 10.6 Å². The van der Waals surface area contributed by atoms with Crippen molar-refractivity contribution in [1.29, 1.82) is 0 Å². The summed E-state index contributed by atoms with van der Waals surface area (Å²) in [6.45, 7) is -0.102. The molecule has 1 N–H and O–H groups in total. The maximum absolute atomic E-state index is 12.8. The molecule has 0 bridgehead atoms. The molecule has 33 heavy (non-hydrogen) atoms. The Balaban J connectivity index is 1.40. The van der Waals surface area contributed by atoms with E-state index in [1.54, 1.807) is 12.1 Å². The van der Waals surface area contributed by atoms with Crippen molar-refractivity contribution in [2.24, 2.45) is 0 Å². The van der Waals surface area contributed by atoms with Gasteiger partial charge in [0.1, 0.15) is 6.54 Å². The molecule has 0 atom stereocenters. The van der Waals surface area contributed by atoms with Crippen LogP contribution in [0.3, 0.4) is 0 Å². The predicted molar refractivity (Wildman–Crippen MR) is 124 cm³/mol. The Kier molecular flexibility index (Phi) is 6.54. The average molecular weight is 485 g/mol. The molecule has 2 aromatic heterocycles. The minimum absolute atomic E-state index is 0.104. The first-order chi connectivity index (χ1) is 15.8. The summed E-state index contributed by atoms with van der Waals surface area (Å²) in [6.07, 6.45) is 0. The number of anilines is 1. The second-order valence-corrected chi connectivity index (χ2v) is 10.1. The third-order valence-electron chi connectivity index (χ3n) is 4.73. The number of carbonyl (C=O) groups excluding carboxylic acids is 1. The summed E-state index contributed by atoms with van der Waals surface area (Å²) in [5, 5.41) is 8.48. The molecule has 2 heterocycles. The Morgan fingerprint density at radius 1 is 1.09 bits per heavy atom. The van der Waals surface area contributed by atoms with E-state index < -0.39 is 21.7 Å². The van der Waals surface area contributed by atoms with Crippen LogP contribution in [0.5, 0.6) is 0 Å². The van der Waals surface area contributed by atoms with E-state index in [4.69, 9.17) is 4.42 Å². The summed E-state index contributed by atoms with van der Waals surface area (Å²) >= 11 is 1.36. The van der Waals surface area contributed by atoms with E-state index in [1.807, 2.05) is 35.7 Å². The zero-order valence-electron chi connectivity index (χ0n) is 17.5. The first kappa shape index (κ1) is 22.6. The molecule has 11 heteroatoms. The smallest absolute Gasteiger partial charge is 0.387 e. The van der Waals surface area contributed by atoms with E-state index in [-0.39, 0.29) is 23.9 Å². The number of aromatic nitrogens is 2. The summed E-state index contributed by atoms with van der Waals surface area (Å²) in [6, 6.07) is 18.7. The number of amides is 1. The molecule has 0 spiro atoms. The lowest BCUT2D eigenvalue weighted by Gasteiger charge is -2.17. The maximum atomic E-state index is 12.8. The van der Waals surface area contributed by atoms with Gasteiger partial charge in [-0.2, -0.15) is 8.99 Å². The van der Waals surface area contributed by atoms with Crippen molar-refractivity contribution in [1.82, 2.24) is 14.1 Å². The summed E-state index contributed by atoms with van der Waals surface area (Å²) < 4.78 is 32.9. The molecule has 0 saturated carbocycles. The summed E-state index contributed by atoms with van der Waals surface area (Å²) in [5.41, 5.74) is 1.26. The number of sulfonamides is 1. The highest BCUT2D eigenvalue weighted by atomic mass is 32.2. The van der Waals surface area contributed by atoms with Gasteiger partial charge < -0.3 is 9.73 Å². The van der Waals surface area contributed by atoms with Gasteiger partial charge in [-0.05, 0) is 41.3 Å². The van der Waals surface area contributed by atoms with Crippen LogP contribution in [0.1, 0.15) is 5.56 Å². The van der Waals surface area contributed by atoms with Crippen LogP contribution < -0.4 is 11.1 Å². The van der Waals surface area contributed by atoms with Gasteiger partial charge in [-0.25, -0.2) is 13.2 Å². The normalized spacial score (nSPS) is 11.6. The Bertz CT molecular complexity index is 1390. The molecule has 0 radical (unpaired) electrons. The maximum Gasteiger partial charge on any atom is 0.437 e. The third-order valence-corrected chi connectivity index (χ3v) is 7.40. The Labute approximate surface area is 194 Å². The van der Waals surface area contributed by atoms with Gasteiger partial charge in [0, 0.05) is 19.3 Å². The highest BCUT2D eigenvalue weighted by molar-refractivity contribution is 7.89. The second-order valence-electron chi connectivity index (χ2n) is 7.13. The molecule has 9 nitrogen and oxygen atoms in total. The number of rotatable bonds is 8. The second kappa shape index (κ2) is 9.53. The molecule has 0 unspecified atom stereocenters. The largest absolute Gasteiger partial charge is 0.437 e. The number of hydrogen-bond acceptors (Lipinski definition) is 7. The summed E-state index contributed by atoms with van der Waals surface area (Å²) in [7, 11) is -2.19. The number of nitrogens with zero attached hydrogens (tertiary/aromatic N) is 3. The zero-order valence-corrected chi connectivity index (χ0v) is 19.2. The number of thiophene rings is 1. The first-order valence-corrected chi connectivity index (χ1v) is 12.2. The molecule has 0 aliphatic rings. The van der Waals surface area contributed by atoms with Crippen LogP contribution in [0.25, 0.3) is 10.8 Å². The number of carbonyl (C=O) groups is 1. The Hall–Kier alpha value is -3.54. The van der Waals surface area contributed by atoms with Crippen LogP contribution in [0.4, 0.5) is 5.69 Å². The molecule has 0 aliphatic heterocycles. The molecule has 0 aliphatic carbocycles. The van der Waals surface area contributed by atoms with Crippen molar-refractivity contribution in [3.8, 4) is 10.8 Å². The van der Waals surface area contributed by atoms with Gasteiger partial charge in [0.05, 0.1) is 9.77 Å². The number of benzene rings is 2. The lowest BCUT2D eigenvalue weighted by molar-refractivity contribution is -0.117. The molecular formula is C22H20N4O5S2. The number of hydrogen-bond donors (Lipinski definition) is 1. The van der Waals surface area contributed by atoms with Gasteiger partial charge in [0.2, 0.25) is 15.9 Å². The van der Waals surface area contributed by atoms with Gasteiger partial charge in [0.15, 0.2) is 0 Å². The Morgan fingerprint density at radius 3 is 2.48 bits per heavy atom. The fourth-order valence-corrected chi connectivity index (χ4v) is 4.86. The van der Waals surface area contributed by atoms with Crippen LogP contribution in [0, 0.1) is 0 Å². The van der Waals surface area contributed by atoms with E-state index in [0.717, 1.165) is 10.2 Å². The summed E-state index contributed by atoms with van der Waals surface area (Å²) in [5.74, 6) is -1.09. The van der Waals surface area contributed by atoms with Gasteiger partial charge in [0.25, 0.3) is 5.89 Å². The highest BCUT2D eigenvalue weighted by Gasteiger charge is 2.21. The van der Waals surface area contributed by atoms with E-state index >= 15 is 0 Å². The average Bonchev–Trinajstić information content (AvgIpc) is 3.45. The molecule has 4 rings (SSSR count). The molecule has 4 aromatic rings. The monoisotopic (exact) mass is 484 g/mol. The predicted octanol–water partition coefficient (Wildman–Crippen LogP) is 3.02. The minimum Gasteiger partial charge on any atom is -0.387 e. The van der Waals surface area contributed by atoms with Crippen molar-refractivity contribution in [3.05, 3.63) is 88.2 Å². The van der Waals surface area contributed by atoms with Crippen molar-refractivity contribution < 1.29 is 17.6 Å². The van der Waals surface area contributed by atoms with Crippen molar-refractivity contribution in [2.75, 3.05) is 12.4 Å². The minimum atomic E-state index is -3.70. The fourth-order valence-electron chi connectivity index (χ4n) is 3.06. The van der Waals surface area contributed by atoms with Gasteiger partial charge >= 0.3 is 5.76 Å². The standard InChI is InChI=1S/C22H20N4O5S2/c1-25(14-16-6-3-2-4-7-16)33(29,30)18-11-9-17(10-12-18)23-20(27)15-26-22(28)31-21(24-26)19-8-5-13-32-19/h2-13H,14-15H2,1H3,(H,23,27). The van der Waals surface area contributed by atoms with Crippen LogP contribution >= 0.6 is 11.3 Å². The van der Waals surface area contributed by atoms with Gasteiger partial charge in [-0.3, -0.25) is 4.79 Å². The van der Waals surface area contributed by atoms with Crippen LogP contribution in [0.15, 0.2) is 86.2 Å². The van der Waals surface area contributed by atoms with Gasteiger partial charge in [-0.15, -0.1) is 16.4 Å². The molecule has 1 amide bonds. The summed E-state index contributed by atoms with van der Waals surface area (Å²) in [4.78, 5) is 25.1. The lowest BCUT2D eigenvalue weighted by atomic mass is 10.2. The van der Waals surface area contributed by atoms with E-state index in [2.05, 4.69) is 10.4 Å². The number of nitrogens with one attached hydrogen (secondary N) is 1. The first-order valence-electron chi connectivity index (χ1n) is 9.85. The van der Waals surface area contributed by atoms with E-state index in [9.17, 15) is 18.0 Å². The van der Waals surface area contributed by atoms with E-state index in [1.165, 1.54) is 47.0 Å².